The van der Waals surface area contributed by atoms with Gasteiger partial charge in [-0.25, -0.2) is 4.98 Å². The van der Waals surface area contributed by atoms with E-state index in [1.54, 1.807) is 0 Å². The molecule has 11 heavy (non-hydrogen) atoms. The third kappa shape index (κ3) is 0.946. The molecular weight excluding hydrogens is 136 g/mol. The second kappa shape index (κ2) is 2.16. The summed E-state index contributed by atoms with van der Waals surface area (Å²) in [6, 6.07) is 0. The van der Waals surface area contributed by atoms with E-state index in [0.717, 1.165) is 29.2 Å². The molecule has 0 spiro atoms. The van der Waals surface area contributed by atoms with E-state index < -0.39 is 0 Å². The van der Waals surface area contributed by atoms with Crippen molar-refractivity contribution in [3.05, 3.63) is 28.9 Å². The second-order valence-corrected chi connectivity index (χ2v) is 2.83. The first-order valence-corrected chi connectivity index (χ1v) is 3.78. The standard InChI is InChI=1S/C9H10N2/c1-6-7(2)11-9-5-3-4-8(9)10-6/h3-4H,5H2,1-2H3. The quantitative estimate of drug-likeness (QED) is 0.556. The van der Waals surface area contributed by atoms with Crippen LogP contribution in [0.15, 0.2) is 6.08 Å². The third-order valence-electron chi connectivity index (χ3n) is 2.00. The molecule has 0 radical (unpaired) electrons. The molecule has 0 aliphatic heterocycles. The van der Waals surface area contributed by atoms with Crippen molar-refractivity contribution in [3.63, 3.8) is 0 Å². The maximum Gasteiger partial charge on any atom is 0.0848 e. The van der Waals surface area contributed by atoms with Crippen molar-refractivity contribution in [1.82, 2.24) is 9.97 Å². The van der Waals surface area contributed by atoms with Crippen molar-refractivity contribution in [2.24, 2.45) is 0 Å². The molecular formula is C9H10N2. The predicted octanol–water partition coefficient (Wildman–Crippen LogP) is 1.66. The van der Waals surface area contributed by atoms with Gasteiger partial charge in [-0.15, -0.1) is 0 Å². The van der Waals surface area contributed by atoms with Gasteiger partial charge in [0.25, 0.3) is 0 Å². The molecule has 2 rings (SSSR count). The molecule has 0 aromatic carbocycles. The van der Waals surface area contributed by atoms with E-state index in [0.29, 0.717) is 0 Å². The van der Waals surface area contributed by atoms with Crippen molar-refractivity contribution in [2.45, 2.75) is 20.3 Å². The van der Waals surface area contributed by atoms with Crippen molar-refractivity contribution in [2.75, 3.05) is 0 Å². The molecule has 0 unspecified atom stereocenters. The molecule has 0 fully saturated rings. The Balaban J connectivity index is 2.63. The number of fused-ring (bicyclic) bond motifs is 1. The van der Waals surface area contributed by atoms with Gasteiger partial charge in [-0.05, 0) is 19.9 Å². The van der Waals surface area contributed by atoms with Crippen LogP contribution in [0.1, 0.15) is 22.8 Å². The number of rotatable bonds is 0. The Bertz CT molecular complexity index is 327. The summed E-state index contributed by atoms with van der Waals surface area (Å²) in [5.41, 5.74) is 4.25. The van der Waals surface area contributed by atoms with E-state index in [9.17, 15) is 0 Å². The molecule has 1 aromatic rings. The van der Waals surface area contributed by atoms with E-state index in [4.69, 9.17) is 0 Å². The van der Waals surface area contributed by atoms with Gasteiger partial charge in [0.05, 0.1) is 22.8 Å². The van der Waals surface area contributed by atoms with Crippen molar-refractivity contribution in [3.8, 4) is 0 Å². The van der Waals surface area contributed by atoms with Gasteiger partial charge in [-0.1, -0.05) is 6.08 Å². The van der Waals surface area contributed by atoms with E-state index >= 15 is 0 Å². The maximum absolute atomic E-state index is 4.43. The Morgan fingerprint density at radius 1 is 1.18 bits per heavy atom. The lowest BCUT2D eigenvalue weighted by atomic mass is 10.3. The average Bonchev–Trinajstić information content (AvgIpc) is 2.36. The van der Waals surface area contributed by atoms with Gasteiger partial charge < -0.3 is 0 Å². The Morgan fingerprint density at radius 2 is 1.91 bits per heavy atom. The summed E-state index contributed by atoms with van der Waals surface area (Å²) in [6.07, 6.45) is 5.09. The monoisotopic (exact) mass is 146 g/mol. The SMILES string of the molecule is Cc1nc2c(nc1C)CC=C2. The number of hydrogen-bond acceptors (Lipinski definition) is 2. The molecule has 1 heterocycles. The van der Waals surface area contributed by atoms with Crippen molar-refractivity contribution < 1.29 is 0 Å². The zero-order valence-corrected chi connectivity index (χ0v) is 6.76. The minimum Gasteiger partial charge on any atom is -0.254 e. The van der Waals surface area contributed by atoms with Crippen LogP contribution in [0, 0.1) is 13.8 Å². The number of hydrogen-bond donors (Lipinski definition) is 0. The highest BCUT2D eigenvalue weighted by Crippen LogP contribution is 2.16. The van der Waals surface area contributed by atoms with Crippen molar-refractivity contribution in [1.29, 1.82) is 0 Å². The van der Waals surface area contributed by atoms with Crippen LogP contribution in [-0.2, 0) is 6.42 Å². The maximum atomic E-state index is 4.43. The molecule has 0 saturated carbocycles. The normalized spacial score (nSPS) is 13.6. The minimum atomic E-state index is 0.948. The Morgan fingerprint density at radius 3 is 2.73 bits per heavy atom. The summed E-state index contributed by atoms with van der Waals surface area (Å²) in [7, 11) is 0. The van der Waals surface area contributed by atoms with Crippen LogP contribution in [-0.4, -0.2) is 9.97 Å². The van der Waals surface area contributed by atoms with Crippen molar-refractivity contribution >= 4 is 6.08 Å². The second-order valence-electron chi connectivity index (χ2n) is 2.83. The molecule has 0 atom stereocenters. The molecule has 1 aromatic heterocycles. The van der Waals surface area contributed by atoms with E-state index in [1.807, 2.05) is 19.9 Å². The van der Waals surface area contributed by atoms with Crippen LogP contribution in [0.3, 0.4) is 0 Å². The molecule has 2 heteroatoms. The third-order valence-corrected chi connectivity index (χ3v) is 2.00. The molecule has 0 saturated heterocycles. The van der Waals surface area contributed by atoms with E-state index in [-0.39, 0.29) is 0 Å². The lowest BCUT2D eigenvalue weighted by Gasteiger charge is -2.01. The molecule has 1 aliphatic rings. The molecule has 2 nitrogen and oxygen atoms in total. The summed E-state index contributed by atoms with van der Waals surface area (Å²) in [4.78, 5) is 8.83. The van der Waals surface area contributed by atoms with Gasteiger partial charge in [-0.3, -0.25) is 4.98 Å². The summed E-state index contributed by atoms with van der Waals surface area (Å²) < 4.78 is 0. The fourth-order valence-electron chi connectivity index (χ4n) is 1.23. The van der Waals surface area contributed by atoms with Crippen LogP contribution >= 0.6 is 0 Å². The van der Waals surface area contributed by atoms with Crippen LogP contribution in [0.25, 0.3) is 6.08 Å². The molecule has 0 amide bonds. The van der Waals surface area contributed by atoms with Gasteiger partial charge in [0, 0.05) is 6.42 Å². The summed E-state index contributed by atoms with van der Waals surface area (Å²) >= 11 is 0. The van der Waals surface area contributed by atoms with Gasteiger partial charge in [0.1, 0.15) is 0 Å². The largest absolute Gasteiger partial charge is 0.254 e. The first-order chi connectivity index (χ1) is 5.27. The number of allylic oxidation sites excluding steroid dienone is 1. The number of aromatic nitrogens is 2. The average molecular weight is 146 g/mol. The minimum absolute atomic E-state index is 0.948. The zero-order chi connectivity index (χ0) is 7.84. The van der Waals surface area contributed by atoms with E-state index in [1.165, 1.54) is 0 Å². The molecule has 0 N–H and O–H groups in total. The highest BCUT2D eigenvalue weighted by atomic mass is 14.8. The zero-order valence-electron chi connectivity index (χ0n) is 6.76. The fraction of sp³-hybridized carbons (Fsp3) is 0.333. The van der Waals surface area contributed by atoms with Gasteiger partial charge in [0.15, 0.2) is 0 Å². The smallest absolute Gasteiger partial charge is 0.0848 e. The summed E-state index contributed by atoms with van der Waals surface area (Å²) in [5, 5.41) is 0. The predicted molar refractivity (Wildman–Crippen MR) is 44.2 cm³/mol. The van der Waals surface area contributed by atoms with Gasteiger partial charge in [0.2, 0.25) is 0 Å². The highest BCUT2D eigenvalue weighted by molar-refractivity contribution is 5.54. The van der Waals surface area contributed by atoms with Gasteiger partial charge in [-0.2, -0.15) is 0 Å². The number of aryl methyl sites for hydroxylation is 2. The number of nitrogens with zero attached hydrogens (tertiary/aromatic N) is 2. The van der Waals surface area contributed by atoms with E-state index in [2.05, 4.69) is 16.0 Å². The summed E-state index contributed by atoms with van der Waals surface area (Å²) in [5.74, 6) is 0. The molecule has 56 valence electrons. The Labute approximate surface area is 66.0 Å². The first-order valence-electron chi connectivity index (χ1n) is 3.78. The first kappa shape index (κ1) is 6.53. The Hall–Kier alpha value is -1.18. The van der Waals surface area contributed by atoms with Crippen LogP contribution in [0.5, 0.6) is 0 Å². The Kier molecular flexibility index (Phi) is 1.28. The fourth-order valence-corrected chi connectivity index (χ4v) is 1.23. The topological polar surface area (TPSA) is 25.8 Å². The highest BCUT2D eigenvalue weighted by Gasteiger charge is 2.08. The van der Waals surface area contributed by atoms with Crippen LogP contribution in [0.4, 0.5) is 0 Å². The lowest BCUT2D eigenvalue weighted by molar-refractivity contribution is 0.977. The lowest BCUT2D eigenvalue weighted by Crippen LogP contribution is -1.98. The molecule has 0 bridgehead atoms. The summed E-state index contributed by atoms with van der Waals surface area (Å²) in [6.45, 7) is 4.00. The van der Waals surface area contributed by atoms with Gasteiger partial charge >= 0.3 is 0 Å². The van der Waals surface area contributed by atoms with Crippen LogP contribution in [0.2, 0.25) is 0 Å². The van der Waals surface area contributed by atoms with Crippen LogP contribution < -0.4 is 0 Å². The molecule has 1 aliphatic carbocycles.